The molecular weight excluding hydrogens is 369 g/mol. The number of hydrogen-bond donors (Lipinski definition) is 1. The van der Waals surface area contributed by atoms with Gasteiger partial charge in [0, 0.05) is 24.2 Å². The molecule has 0 spiro atoms. The summed E-state index contributed by atoms with van der Waals surface area (Å²) in [6.07, 6.45) is 3.50. The zero-order valence-corrected chi connectivity index (χ0v) is 16.5. The zero-order valence-electron chi connectivity index (χ0n) is 16.5. The minimum atomic E-state index is -0.449. The lowest BCUT2D eigenvalue weighted by molar-refractivity contribution is 0.102. The third-order valence-electron chi connectivity index (χ3n) is 5.10. The van der Waals surface area contributed by atoms with Gasteiger partial charge in [-0.3, -0.25) is 4.79 Å². The van der Waals surface area contributed by atoms with Crippen molar-refractivity contribution in [1.29, 1.82) is 0 Å². The van der Waals surface area contributed by atoms with Gasteiger partial charge in [0.1, 0.15) is 17.1 Å². The number of rotatable bonds is 5. The molecule has 2 heterocycles. The summed E-state index contributed by atoms with van der Waals surface area (Å²) in [6.45, 7) is 4.22. The van der Waals surface area contributed by atoms with Crippen LogP contribution in [-0.2, 0) is 0 Å². The summed E-state index contributed by atoms with van der Waals surface area (Å²) in [6, 6.07) is 13.8. The largest absolute Gasteiger partial charge is 0.493 e. The molecule has 0 unspecified atom stereocenters. The van der Waals surface area contributed by atoms with Crippen molar-refractivity contribution in [2.45, 2.75) is 26.2 Å². The molecule has 1 aliphatic rings. The average molecular weight is 393 g/mol. The van der Waals surface area contributed by atoms with E-state index in [1.54, 1.807) is 24.3 Å². The van der Waals surface area contributed by atoms with Crippen molar-refractivity contribution in [2.75, 3.05) is 29.9 Å². The van der Waals surface area contributed by atoms with Gasteiger partial charge in [-0.25, -0.2) is 9.37 Å². The van der Waals surface area contributed by atoms with Crippen LogP contribution in [0.5, 0.6) is 5.75 Å². The van der Waals surface area contributed by atoms with Gasteiger partial charge >= 0.3 is 0 Å². The fraction of sp³-hybridized carbons (Fsp3) is 0.304. The third kappa shape index (κ3) is 4.16. The van der Waals surface area contributed by atoms with E-state index in [1.807, 2.05) is 25.1 Å². The first kappa shape index (κ1) is 19.2. The lowest BCUT2D eigenvalue weighted by atomic mass is 10.1. The Labute approximate surface area is 169 Å². The number of amides is 1. The standard InChI is InChI=1S/C23H24FN3O2/c1-2-29-20-9-5-4-8-18(20)23(28)25-17-14-16-10-11-21(26-22(16)19(24)15-17)27-12-6-3-7-13-27/h4-5,8-11,14-15H,2-3,6-7,12-13H2,1H3,(H,25,28). The van der Waals surface area contributed by atoms with Gasteiger partial charge in [-0.1, -0.05) is 12.1 Å². The number of para-hydroxylation sites is 1. The van der Waals surface area contributed by atoms with Crippen molar-refractivity contribution in [3.05, 3.63) is 59.9 Å². The van der Waals surface area contributed by atoms with Gasteiger partial charge in [0.05, 0.1) is 12.2 Å². The first-order valence-electron chi connectivity index (χ1n) is 10.0. The summed E-state index contributed by atoms with van der Waals surface area (Å²) in [4.78, 5) is 19.4. The average Bonchev–Trinajstić information content (AvgIpc) is 2.75. The fourth-order valence-electron chi connectivity index (χ4n) is 3.69. The third-order valence-corrected chi connectivity index (χ3v) is 5.10. The number of anilines is 2. The number of pyridine rings is 1. The van der Waals surface area contributed by atoms with Gasteiger partial charge in [-0.05, 0) is 62.6 Å². The van der Waals surface area contributed by atoms with Gasteiger partial charge in [-0.2, -0.15) is 0 Å². The number of piperidine rings is 1. The first-order valence-corrected chi connectivity index (χ1v) is 10.0. The molecule has 1 aliphatic heterocycles. The van der Waals surface area contributed by atoms with Crippen LogP contribution in [0.1, 0.15) is 36.5 Å². The van der Waals surface area contributed by atoms with Crippen molar-refractivity contribution >= 4 is 28.3 Å². The van der Waals surface area contributed by atoms with Crippen LogP contribution in [0.3, 0.4) is 0 Å². The second-order valence-corrected chi connectivity index (χ2v) is 7.13. The molecular formula is C23H24FN3O2. The number of aromatic nitrogens is 1. The summed E-state index contributed by atoms with van der Waals surface area (Å²) in [5, 5.41) is 3.42. The van der Waals surface area contributed by atoms with Crippen LogP contribution in [0.25, 0.3) is 10.9 Å². The minimum Gasteiger partial charge on any atom is -0.493 e. The van der Waals surface area contributed by atoms with Gasteiger partial charge < -0.3 is 15.0 Å². The molecule has 4 rings (SSSR count). The lowest BCUT2D eigenvalue weighted by Crippen LogP contribution is -2.30. The van der Waals surface area contributed by atoms with Crippen molar-refractivity contribution < 1.29 is 13.9 Å². The van der Waals surface area contributed by atoms with Crippen LogP contribution >= 0.6 is 0 Å². The van der Waals surface area contributed by atoms with E-state index < -0.39 is 5.82 Å². The second kappa shape index (κ2) is 8.47. The first-order chi connectivity index (χ1) is 14.2. The van der Waals surface area contributed by atoms with Crippen molar-refractivity contribution in [2.24, 2.45) is 0 Å². The number of fused-ring (bicyclic) bond motifs is 1. The molecule has 1 fully saturated rings. The Bertz CT molecular complexity index is 1030. The quantitative estimate of drug-likeness (QED) is 0.662. The maximum Gasteiger partial charge on any atom is 0.259 e. The van der Waals surface area contributed by atoms with Crippen LogP contribution in [0.15, 0.2) is 48.5 Å². The van der Waals surface area contributed by atoms with E-state index in [4.69, 9.17) is 4.74 Å². The highest BCUT2D eigenvalue weighted by molar-refractivity contribution is 6.07. The Morgan fingerprint density at radius 1 is 1.14 bits per heavy atom. The van der Waals surface area contributed by atoms with E-state index in [-0.39, 0.29) is 5.91 Å². The molecule has 1 saturated heterocycles. The number of halogens is 1. The molecule has 5 nitrogen and oxygen atoms in total. The lowest BCUT2D eigenvalue weighted by Gasteiger charge is -2.27. The van der Waals surface area contributed by atoms with E-state index in [2.05, 4.69) is 15.2 Å². The van der Waals surface area contributed by atoms with E-state index in [9.17, 15) is 9.18 Å². The monoisotopic (exact) mass is 393 g/mol. The molecule has 3 aromatic rings. The van der Waals surface area contributed by atoms with Crippen LogP contribution in [0.2, 0.25) is 0 Å². The van der Waals surface area contributed by atoms with Crippen LogP contribution in [0, 0.1) is 5.82 Å². The maximum atomic E-state index is 14.8. The maximum absolute atomic E-state index is 14.8. The Hall–Kier alpha value is -3.15. The predicted molar refractivity (Wildman–Crippen MR) is 113 cm³/mol. The summed E-state index contributed by atoms with van der Waals surface area (Å²) in [5.74, 6) is 0.514. The van der Waals surface area contributed by atoms with Crippen LogP contribution < -0.4 is 15.0 Å². The Morgan fingerprint density at radius 3 is 2.72 bits per heavy atom. The van der Waals surface area contributed by atoms with Gasteiger partial charge in [0.25, 0.3) is 5.91 Å². The summed E-state index contributed by atoms with van der Waals surface area (Å²) < 4.78 is 20.3. The van der Waals surface area contributed by atoms with Gasteiger partial charge in [0.15, 0.2) is 5.82 Å². The molecule has 0 aliphatic carbocycles. The molecule has 150 valence electrons. The number of nitrogens with one attached hydrogen (secondary N) is 1. The van der Waals surface area contributed by atoms with Crippen molar-refractivity contribution in [3.63, 3.8) is 0 Å². The van der Waals surface area contributed by atoms with Crippen LogP contribution in [-0.4, -0.2) is 30.6 Å². The van der Waals surface area contributed by atoms with E-state index >= 15 is 0 Å². The number of nitrogens with zero attached hydrogens (tertiary/aromatic N) is 2. The van der Waals surface area contributed by atoms with Gasteiger partial charge in [0.2, 0.25) is 0 Å². The Balaban J connectivity index is 1.59. The molecule has 0 saturated carbocycles. The molecule has 1 N–H and O–H groups in total. The summed E-state index contributed by atoms with van der Waals surface area (Å²) in [5.41, 5.74) is 1.12. The van der Waals surface area contributed by atoms with E-state index in [0.717, 1.165) is 31.7 Å². The molecule has 0 bridgehead atoms. The Kier molecular flexibility index (Phi) is 5.60. The molecule has 0 atom stereocenters. The van der Waals surface area contributed by atoms with E-state index in [0.29, 0.717) is 34.5 Å². The smallest absolute Gasteiger partial charge is 0.259 e. The zero-order chi connectivity index (χ0) is 20.2. The Morgan fingerprint density at radius 2 is 1.93 bits per heavy atom. The summed E-state index contributed by atoms with van der Waals surface area (Å²) in [7, 11) is 0. The SMILES string of the molecule is CCOc1ccccc1C(=O)Nc1cc(F)c2nc(N3CCCCC3)ccc2c1. The molecule has 2 aromatic carbocycles. The number of carbonyl (C=O) groups excluding carboxylic acids is 1. The number of hydrogen-bond acceptors (Lipinski definition) is 4. The van der Waals surface area contributed by atoms with E-state index in [1.165, 1.54) is 12.5 Å². The summed E-state index contributed by atoms with van der Waals surface area (Å²) >= 11 is 0. The minimum absolute atomic E-state index is 0.320. The molecule has 29 heavy (non-hydrogen) atoms. The highest BCUT2D eigenvalue weighted by Gasteiger charge is 2.16. The topological polar surface area (TPSA) is 54.5 Å². The van der Waals surface area contributed by atoms with Crippen LogP contribution in [0.4, 0.5) is 15.9 Å². The normalized spacial score (nSPS) is 14.1. The highest BCUT2D eigenvalue weighted by atomic mass is 19.1. The molecule has 1 aromatic heterocycles. The van der Waals surface area contributed by atoms with Crippen molar-refractivity contribution in [3.8, 4) is 5.75 Å². The number of benzene rings is 2. The molecule has 1 amide bonds. The highest BCUT2D eigenvalue weighted by Crippen LogP contribution is 2.27. The molecule has 6 heteroatoms. The number of carbonyl (C=O) groups is 1. The van der Waals surface area contributed by atoms with Crippen molar-refractivity contribution in [1.82, 2.24) is 4.98 Å². The number of ether oxygens (including phenoxy) is 1. The van der Waals surface area contributed by atoms with Gasteiger partial charge in [-0.15, -0.1) is 0 Å². The second-order valence-electron chi connectivity index (χ2n) is 7.13. The molecule has 0 radical (unpaired) electrons. The fourth-order valence-corrected chi connectivity index (χ4v) is 3.69. The predicted octanol–water partition coefficient (Wildman–Crippen LogP) is 5.02.